The van der Waals surface area contributed by atoms with E-state index in [4.69, 9.17) is 9.47 Å². The molecule has 0 saturated carbocycles. The summed E-state index contributed by atoms with van der Waals surface area (Å²) in [5, 5.41) is 14.0. The van der Waals surface area contributed by atoms with Crippen molar-refractivity contribution < 1.29 is 19.4 Å². The monoisotopic (exact) mass is 393 g/mol. The van der Waals surface area contributed by atoms with Gasteiger partial charge in [0, 0.05) is 22.6 Å². The molecule has 7 heteroatoms. The van der Waals surface area contributed by atoms with E-state index in [0.29, 0.717) is 11.1 Å². The minimum Gasteiger partial charge on any atom is -0.502 e. The van der Waals surface area contributed by atoms with Crippen molar-refractivity contribution in [1.29, 1.82) is 0 Å². The van der Waals surface area contributed by atoms with Crippen molar-refractivity contribution in [2.75, 3.05) is 14.2 Å². The Hall–Kier alpha value is -3.74. The van der Waals surface area contributed by atoms with Crippen LogP contribution in [0.3, 0.4) is 0 Å². The standard InChI is InChI=1S/C22H23N3O4/c1-14-10-18(15(2)25(14)17-8-6-5-7-9-17)22(27)24-23-13-16-11-19(28-3)21(26)20(12-16)29-4/h5-13,26H,1-4H3,(H,24,27)/b23-13+. The van der Waals surface area contributed by atoms with Gasteiger partial charge in [0.05, 0.1) is 26.0 Å². The normalized spacial score (nSPS) is 10.9. The fourth-order valence-corrected chi connectivity index (χ4v) is 3.18. The van der Waals surface area contributed by atoms with E-state index in [9.17, 15) is 9.90 Å². The molecule has 0 radical (unpaired) electrons. The van der Waals surface area contributed by atoms with Crippen LogP contribution in [0.2, 0.25) is 0 Å². The van der Waals surface area contributed by atoms with Crippen molar-refractivity contribution in [3.8, 4) is 22.9 Å². The lowest BCUT2D eigenvalue weighted by Crippen LogP contribution is -2.18. The summed E-state index contributed by atoms with van der Waals surface area (Å²) in [7, 11) is 2.89. The van der Waals surface area contributed by atoms with Gasteiger partial charge in [0.1, 0.15) is 0 Å². The number of hydrazone groups is 1. The number of nitrogens with zero attached hydrogens (tertiary/aromatic N) is 2. The Balaban J connectivity index is 1.80. The molecule has 0 aliphatic carbocycles. The molecule has 0 aliphatic rings. The second-order valence-electron chi connectivity index (χ2n) is 6.43. The van der Waals surface area contributed by atoms with E-state index in [1.807, 2.05) is 54.8 Å². The molecule has 150 valence electrons. The number of phenols is 1. The highest BCUT2D eigenvalue weighted by atomic mass is 16.5. The van der Waals surface area contributed by atoms with Crippen molar-refractivity contribution in [2.45, 2.75) is 13.8 Å². The Bertz CT molecular complexity index is 1030. The first-order valence-electron chi connectivity index (χ1n) is 8.99. The number of amides is 1. The van der Waals surface area contributed by atoms with E-state index in [1.165, 1.54) is 20.4 Å². The van der Waals surface area contributed by atoms with Gasteiger partial charge in [-0.3, -0.25) is 4.79 Å². The summed E-state index contributed by atoms with van der Waals surface area (Å²) in [5.74, 6) is 0.103. The van der Waals surface area contributed by atoms with Crippen LogP contribution in [-0.4, -0.2) is 36.0 Å². The van der Waals surface area contributed by atoms with Crippen LogP contribution in [0.15, 0.2) is 53.6 Å². The predicted molar refractivity (Wildman–Crippen MR) is 112 cm³/mol. The molecule has 0 fully saturated rings. The molecule has 2 N–H and O–H groups in total. The van der Waals surface area contributed by atoms with Crippen LogP contribution in [0.25, 0.3) is 5.69 Å². The van der Waals surface area contributed by atoms with E-state index >= 15 is 0 Å². The van der Waals surface area contributed by atoms with Gasteiger partial charge in [-0.15, -0.1) is 0 Å². The largest absolute Gasteiger partial charge is 0.502 e. The number of nitrogens with one attached hydrogen (secondary N) is 1. The fourth-order valence-electron chi connectivity index (χ4n) is 3.18. The number of phenolic OH excluding ortho intramolecular Hbond substituents is 1. The lowest BCUT2D eigenvalue weighted by molar-refractivity contribution is 0.0954. The number of hydrogen-bond acceptors (Lipinski definition) is 5. The molecule has 1 heterocycles. The van der Waals surface area contributed by atoms with Crippen LogP contribution in [0.5, 0.6) is 17.2 Å². The van der Waals surface area contributed by atoms with Crippen LogP contribution in [-0.2, 0) is 0 Å². The number of para-hydroxylation sites is 1. The molecule has 0 bridgehead atoms. The van der Waals surface area contributed by atoms with Gasteiger partial charge >= 0.3 is 0 Å². The van der Waals surface area contributed by atoms with Crippen molar-refractivity contribution in [2.24, 2.45) is 5.10 Å². The summed E-state index contributed by atoms with van der Waals surface area (Å²) in [5.41, 5.74) is 6.47. The maximum atomic E-state index is 12.6. The van der Waals surface area contributed by atoms with Crippen LogP contribution in [0.4, 0.5) is 0 Å². The summed E-state index contributed by atoms with van der Waals surface area (Å²) in [6.07, 6.45) is 1.46. The number of benzene rings is 2. The van der Waals surface area contributed by atoms with E-state index < -0.39 is 0 Å². The average Bonchev–Trinajstić information content (AvgIpc) is 3.03. The summed E-state index contributed by atoms with van der Waals surface area (Å²) >= 11 is 0. The Morgan fingerprint density at radius 1 is 1.07 bits per heavy atom. The van der Waals surface area contributed by atoms with Crippen molar-refractivity contribution >= 4 is 12.1 Å². The molecule has 2 aromatic carbocycles. The molecule has 1 aromatic heterocycles. The number of aromatic hydroxyl groups is 1. The molecule has 7 nitrogen and oxygen atoms in total. The Morgan fingerprint density at radius 2 is 1.69 bits per heavy atom. The minimum atomic E-state index is -0.311. The lowest BCUT2D eigenvalue weighted by Gasteiger charge is -2.09. The van der Waals surface area contributed by atoms with Crippen molar-refractivity contribution in [3.05, 3.63) is 71.0 Å². The molecule has 0 atom stereocenters. The Morgan fingerprint density at radius 3 is 2.28 bits per heavy atom. The summed E-state index contributed by atoms with van der Waals surface area (Å²) in [4.78, 5) is 12.6. The number of methoxy groups -OCH3 is 2. The molecule has 1 amide bonds. The highest BCUT2D eigenvalue weighted by Crippen LogP contribution is 2.36. The molecule has 3 aromatic rings. The van der Waals surface area contributed by atoms with E-state index in [1.54, 1.807) is 12.1 Å². The number of hydrogen-bond donors (Lipinski definition) is 2. The third-order valence-electron chi connectivity index (χ3n) is 4.57. The first-order valence-corrected chi connectivity index (χ1v) is 8.99. The van der Waals surface area contributed by atoms with Gasteiger partial charge in [0.25, 0.3) is 5.91 Å². The number of ether oxygens (including phenoxy) is 2. The van der Waals surface area contributed by atoms with Gasteiger partial charge < -0.3 is 19.1 Å². The molecule has 0 unspecified atom stereocenters. The van der Waals surface area contributed by atoms with Gasteiger partial charge in [0.2, 0.25) is 5.75 Å². The Labute approximate surface area is 169 Å². The highest BCUT2D eigenvalue weighted by molar-refractivity contribution is 5.96. The summed E-state index contributed by atoms with van der Waals surface area (Å²) in [6.45, 7) is 3.85. The molecule has 29 heavy (non-hydrogen) atoms. The van der Waals surface area contributed by atoms with E-state index in [2.05, 4.69) is 10.5 Å². The maximum absolute atomic E-state index is 12.6. The van der Waals surface area contributed by atoms with Gasteiger partial charge in [0.15, 0.2) is 11.5 Å². The van der Waals surface area contributed by atoms with E-state index in [-0.39, 0.29) is 23.2 Å². The molecule has 0 spiro atoms. The van der Waals surface area contributed by atoms with Crippen molar-refractivity contribution in [3.63, 3.8) is 0 Å². The zero-order chi connectivity index (χ0) is 21.0. The first-order chi connectivity index (χ1) is 14.0. The van der Waals surface area contributed by atoms with Gasteiger partial charge in [-0.2, -0.15) is 5.10 Å². The molecule has 0 aliphatic heterocycles. The number of rotatable bonds is 6. The van der Waals surface area contributed by atoms with Crippen LogP contribution < -0.4 is 14.9 Å². The zero-order valence-corrected chi connectivity index (χ0v) is 16.8. The van der Waals surface area contributed by atoms with Gasteiger partial charge in [-0.05, 0) is 44.2 Å². The zero-order valence-electron chi connectivity index (χ0n) is 16.8. The third kappa shape index (κ3) is 4.08. The number of carbonyl (C=O) groups excluding carboxylic acids is 1. The summed E-state index contributed by atoms with van der Waals surface area (Å²) < 4.78 is 12.3. The number of aryl methyl sites for hydroxylation is 1. The molecular weight excluding hydrogens is 370 g/mol. The van der Waals surface area contributed by atoms with Crippen LogP contribution in [0, 0.1) is 13.8 Å². The highest BCUT2D eigenvalue weighted by Gasteiger charge is 2.16. The molecule has 0 saturated heterocycles. The minimum absolute atomic E-state index is 0.0930. The second kappa shape index (κ2) is 8.52. The topological polar surface area (TPSA) is 85.1 Å². The smallest absolute Gasteiger partial charge is 0.273 e. The number of aromatic nitrogens is 1. The maximum Gasteiger partial charge on any atom is 0.273 e. The predicted octanol–water partition coefficient (Wildman–Crippen LogP) is 3.58. The second-order valence-corrected chi connectivity index (χ2v) is 6.43. The lowest BCUT2D eigenvalue weighted by atomic mass is 10.2. The third-order valence-corrected chi connectivity index (χ3v) is 4.57. The van der Waals surface area contributed by atoms with Crippen LogP contribution in [0.1, 0.15) is 27.3 Å². The first kappa shape index (κ1) is 20.0. The van der Waals surface area contributed by atoms with Gasteiger partial charge in [-0.25, -0.2) is 5.43 Å². The summed E-state index contributed by atoms with van der Waals surface area (Å²) in [6, 6.07) is 14.9. The average molecular weight is 393 g/mol. The van der Waals surface area contributed by atoms with Crippen molar-refractivity contribution in [1.82, 2.24) is 9.99 Å². The SMILES string of the molecule is COc1cc(/C=N/NC(=O)c2cc(C)n(-c3ccccc3)c2C)cc(OC)c1O. The van der Waals surface area contributed by atoms with Crippen LogP contribution >= 0.6 is 0 Å². The molecular formula is C22H23N3O4. The number of carbonyl (C=O) groups is 1. The molecule has 3 rings (SSSR count). The van der Waals surface area contributed by atoms with E-state index in [0.717, 1.165) is 17.1 Å². The fraction of sp³-hybridized carbons (Fsp3) is 0.182. The quantitative estimate of drug-likeness (QED) is 0.495. The van der Waals surface area contributed by atoms with Gasteiger partial charge in [-0.1, -0.05) is 18.2 Å². The Kier molecular flexibility index (Phi) is 5.87.